The van der Waals surface area contributed by atoms with E-state index in [4.69, 9.17) is 19.4 Å². The first kappa shape index (κ1) is 33.9. The van der Waals surface area contributed by atoms with Gasteiger partial charge in [0.2, 0.25) is 0 Å². The van der Waals surface area contributed by atoms with E-state index in [1.165, 1.54) is 38.2 Å². The molecule has 58 heavy (non-hydrogen) atoms. The van der Waals surface area contributed by atoms with Crippen molar-refractivity contribution in [1.82, 2.24) is 0 Å². The first-order valence-corrected chi connectivity index (χ1v) is 19.9. The summed E-state index contributed by atoms with van der Waals surface area (Å²) in [6, 6.07) is 57.7. The minimum Gasteiger partial charge on any atom is -0.456 e. The SMILES string of the molecule is C=N/C(=N\C(=N/Cc1cc2ccccc2c2c1CCC=C2)c1cc2ccccc2c2ccccc12)c1cc(-c2cccc3ccccc23)cc2oc3ccccc3c12. The fourth-order valence-corrected chi connectivity index (χ4v) is 9.06. The van der Waals surface area contributed by atoms with E-state index < -0.39 is 0 Å². The lowest BCUT2D eigenvalue weighted by Gasteiger charge is -2.18. The molecule has 1 aromatic heterocycles. The number of hydrogen-bond donors (Lipinski definition) is 0. The second-order valence-corrected chi connectivity index (χ2v) is 15.0. The Kier molecular flexibility index (Phi) is 8.14. The van der Waals surface area contributed by atoms with Crippen LogP contribution in [0.15, 0.2) is 189 Å². The van der Waals surface area contributed by atoms with Gasteiger partial charge in [-0.25, -0.2) is 9.98 Å². The van der Waals surface area contributed by atoms with Crippen molar-refractivity contribution in [2.75, 3.05) is 0 Å². The first-order chi connectivity index (χ1) is 28.7. The highest BCUT2D eigenvalue weighted by molar-refractivity contribution is 6.25. The number of para-hydroxylation sites is 1. The van der Waals surface area contributed by atoms with Crippen molar-refractivity contribution >= 4 is 89.5 Å². The molecule has 10 aromatic rings. The first-order valence-electron chi connectivity index (χ1n) is 19.9. The van der Waals surface area contributed by atoms with Gasteiger partial charge in [0.1, 0.15) is 11.2 Å². The predicted molar refractivity (Wildman–Crippen MR) is 246 cm³/mol. The van der Waals surface area contributed by atoms with Gasteiger partial charge in [0.15, 0.2) is 11.7 Å². The zero-order valence-electron chi connectivity index (χ0n) is 31.8. The van der Waals surface area contributed by atoms with Gasteiger partial charge in [-0.15, -0.1) is 0 Å². The summed E-state index contributed by atoms with van der Waals surface area (Å²) >= 11 is 0. The monoisotopic (exact) mass is 743 g/mol. The zero-order chi connectivity index (χ0) is 38.6. The van der Waals surface area contributed by atoms with E-state index in [9.17, 15) is 0 Å². The van der Waals surface area contributed by atoms with Crippen LogP contribution in [0.2, 0.25) is 0 Å². The van der Waals surface area contributed by atoms with Crippen molar-refractivity contribution in [3.63, 3.8) is 0 Å². The number of furan rings is 1. The number of amidine groups is 2. The van der Waals surface area contributed by atoms with Crippen LogP contribution >= 0.6 is 0 Å². The minimum absolute atomic E-state index is 0.464. The fourth-order valence-electron chi connectivity index (χ4n) is 9.06. The molecule has 4 nitrogen and oxygen atoms in total. The molecule has 0 saturated carbocycles. The normalized spacial score (nSPS) is 13.3. The maximum atomic E-state index is 6.60. The molecule has 1 aliphatic rings. The second kappa shape index (κ2) is 13.9. The summed E-state index contributed by atoms with van der Waals surface area (Å²) in [7, 11) is 0. The molecular formula is C54H37N3O. The smallest absolute Gasteiger partial charge is 0.161 e. The molecule has 0 amide bonds. The van der Waals surface area contributed by atoms with Gasteiger partial charge in [0, 0.05) is 21.9 Å². The molecule has 11 rings (SSSR count). The number of fused-ring (bicyclic) bond motifs is 10. The maximum absolute atomic E-state index is 6.60. The average molecular weight is 744 g/mol. The summed E-state index contributed by atoms with van der Waals surface area (Å²) in [5.74, 6) is 1.09. The number of hydrogen-bond acceptors (Lipinski definition) is 2. The van der Waals surface area contributed by atoms with Crippen LogP contribution in [-0.2, 0) is 13.0 Å². The van der Waals surface area contributed by atoms with Gasteiger partial charge >= 0.3 is 0 Å². The summed E-state index contributed by atoms with van der Waals surface area (Å²) < 4.78 is 6.60. The second-order valence-electron chi connectivity index (χ2n) is 15.0. The Morgan fingerprint density at radius 2 is 1.22 bits per heavy atom. The molecule has 274 valence electrons. The summed E-state index contributed by atoms with van der Waals surface area (Å²) in [4.78, 5) is 15.7. The highest BCUT2D eigenvalue weighted by Crippen LogP contribution is 2.39. The van der Waals surface area contributed by atoms with Crippen LogP contribution in [0.1, 0.15) is 34.2 Å². The summed E-state index contributed by atoms with van der Waals surface area (Å²) in [5.41, 5.74) is 9.34. The number of nitrogens with zero attached hydrogens (tertiary/aromatic N) is 3. The van der Waals surface area contributed by atoms with E-state index >= 15 is 0 Å². The minimum atomic E-state index is 0.464. The molecular weight excluding hydrogens is 707 g/mol. The third kappa shape index (κ3) is 5.64. The lowest BCUT2D eigenvalue weighted by molar-refractivity contribution is 0.669. The van der Waals surface area contributed by atoms with Gasteiger partial charge < -0.3 is 4.42 Å². The van der Waals surface area contributed by atoms with Crippen molar-refractivity contribution in [2.45, 2.75) is 19.4 Å². The molecule has 0 spiro atoms. The van der Waals surface area contributed by atoms with E-state index in [1.807, 2.05) is 18.2 Å². The van der Waals surface area contributed by atoms with E-state index in [0.29, 0.717) is 18.2 Å². The molecule has 1 aliphatic carbocycles. The Morgan fingerprint density at radius 3 is 2.05 bits per heavy atom. The molecule has 0 atom stereocenters. The average Bonchev–Trinajstić information content (AvgIpc) is 3.67. The maximum Gasteiger partial charge on any atom is 0.161 e. The van der Waals surface area contributed by atoms with Gasteiger partial charge in [0.25, 0.3) is 0 Å². The molecule has 9 aromatic carbocycles. The molecule has 0 aliphatic heterocycles. The van der Waals surface area contributed by atoms with Gasteiger partial charge in [-0.2, -0.15) is 0 Å². The van der Waals surface area contributed by atoms with Crippen LogP contribution in [0.5, 0.6) is 0 Å². The number of allylic oxidation sites excluding steroid dienone is 1. The summed E-state index contributed by atoms with van der Waals surface area (Å²) in [6.45, 7) is 4.62. The van der Waals surface area contributed by atoms with Crippen LogP contribution in [0.4, 0.5) is 0 Å². The Bertz CT molecular complexity index is 3390. The van der Waals surface area contributed by atoms with Crippen LogP contribution in [0.25, 0.3) is 82.2 Å². The summed E-state index contributed by atoms with van der Waals surface area (Å²) in [6.07, 6.45) is 6.56. The third-order valence-electron chi connectivity index (χ3n) is 11.7. The zero-order valence-corrected chi connectivity index (χ0v) is 31.8. The standard InChI is InChI=1S/C54H37N3O/c1-55-53(49-31-37(42-27-14-18-34-15-2-5-19-39(34)42)32-51-52(49)47-26-12-13-28-50(47)58-51)57-54(48-30-36-17-4-7-21-41(36)45-24-10-11-25-46(45)48)56-33-38-29-35-16-3-6-20-40(35)44-23-9-8-22-43(38)44/h2-7,9-21,23-32H,1,8,22,33H2/b56-54-,57-53-. The highest BCUT2D eigenvalue weighted by atomic mass is 16.3. The molecule has 0 bridgehead atoms. The van der Waals surface area contributed by atoms with Crippen LogP contribution in [0, 0.1) is 0 Å². The molecule has 0 N–H and O–H groups in total. The quantitative estimate of drug-likeness (QED) is 0.0984. The molecule has 4 heteroatoms. The van der Waals surface area contributed by atoms with E-state index in [2.05, 4.69) is 164 Å². The van der Waals surface area contributed by atoms with Crippen molar-refractivity contribution < 1.29 is 4.42 Å². The van der Waals surface area contributed by atoms with E-state index in [1.54, 1.807) is 0 Å². The van der Waals surface area contributed by atoms with Crippen molar-refractivity contribution in [3.8, 4) is 11.1 Å². The molecule has 0 fully saturated rings. The number of benzene rings is 9. The van der Waals surface area contributed by atoms with Crippen molar-refractivity contribution in [2.24, 2.45) is 15.0 Å². The van der Waals surface area contributed by atoms with Gasteiger partial charge in [-0.1, -0.05) is 146 Å². The van der Waals surface area contributed by atoms with Crippen molar-refractivity contribution in [3.05, 3.63) is 198 Å². The summed E-state index contributed by atoms with van der Waals surface area (Å²) in [5, 5.41) is 11.3. The molecule has 0 unspecified atom stereocenters. The highest BCUT2D eigenvalue weighted by Gasteiger charge is 2.21. The Labute approximate surface area is 335 Å². The van der Waals surface area contributed by atoms with E-state index in [-0.39, 0.29) is 0 Å². The predicted octanol–water partition coefficient (Wildman–Crippen LogP) is 13.9. The Balaban J connectivity index is 1.18. The van der Waals surface area contributed by atoms with Gasteiger partial charge in [-0.3, -0.25) is 4.99 Å². The largest absolute Gasteiger partial charge is 0.456 e. The van der Waals surface area contributed by atoms with Crippen LogP contribution in [-0.4, -0.2) is 18.4 Å². The van der Waals surface area contributed by atoms with Gasteiger partial charge in [-0.05, 0) is 121 Å². The Hall–Kier alpha value is -7.43. The van der Waals surface area contributed by atoms with Crippen LogP contribution in [0.3, 0.4) is 0 Å². The van der Waals surface area contributed by atoms with E-state index in [0.717, 1.165) is 78.6 Å². The number of aliphatic imine (C=N–C) groups is 3. The molecule has 0 radical (unpaired) electrons. The fraction of sp³-hybridized carbons (Fsp3) is 0.0556. The van der Waals surface area contributed by atoms with Gasteiger partial charge in [0.05, 0.1) is 6.54 Å². The molecule has 0 saturated heterocycles. The third-order valence-corrected chi connectivity index (χ3v) is 11.7. The number of rotatable bonds is 5. The van der Waals surface area contributed by atoms with Crippen LogP contribution < -0.4 is 0 Å². The lowest BCUT2D eigenvalue weighted by Crippen LogP contribution is -2.08. The topological polar surface area (TPSA) is 50.2 Å². The van der Waals surface area contributed by atoms with Crippen molar-refractivity contribution in [1.29, 1.82) is 0 Å². The molecule has 1 heterocycles. The Morgan fingerprint density at radius 1 is 0.552 bits per heavy atom. The lowest BCUT2D eigenvalue weighted by atomic mass is 9.88.